The average Bonchev–Trinajstić information content (AvgIpc) is 2.65. The molecule has 1 unspecified atom stereocenters. The summed E-state index contributed by atoms with van der Waals surface area (Å²) in [5, 5.41) is 8.96. The first-order chi connectivity index (χ1) is 14.0. The van der Waals surface area contributed by atoms with Gasteiger partial charge in [-0.15, -0.1) is 0 Å². The first-order valence-electron chi connectivity index (χ1n) is 10.7. The number of fused-ring (bicyclic) bond motifs is 1. The van der Waals surface area contributed by atoms with Crippen LogP contribution >= 0.6 is 0 Å². The van der Waals surface area contributed by atoms with Crippen LogP contribution in [0.3, 0.4) is 0 Å². The lowest BCUT2D eigenvalue weighted by Gasteiger charge is -2.36. The Balaban J connectivity index is 2.19. The van der Waals surface area contributed by atoms with E-state index in [4.69, 9.17) is 14.6 Å². The van der Waals surface area contributed by atoms with Crippen molar-refractivity contribution < 1.29 is 19.4 Å². The number of allylic oxidation sites excluding steroid dienone is 5. The SMILES string of the molecule is CC(C)=CCC/C(C)=C/C=C/C1(C)CCc2c(C)c(OCC(=O)O)c(C)c(C)c2O1. The van der Waals surface area contributed by atoms with Gasteiger partial charge in [0.05, 0.1) is 0 Å². The maximum absolute atomic E-state index is 10.9. The maximum Gasteiger partial charge on any atom is 0.341 e. The van der Waals surface area contributed by atoms with Gasteiger partial charge in [-0.3, -0.25) is 0 Å². The van der Waals surface area contributed by atoms with E-state index in [1.807, 2.05) is 20.8 Å². The van der Waals surface area contributed by atoms with Gasteiger partial charge in [-0.2, -0.15) is 0 Å². The molecule has 1 N–H and O–H groups in total. The molecule has 2 rings (SSSR count). The molecule has 0 bridgehead atoms. The highest BCUT2D eigenvalue weighted by molar-refractivity contribution is 5.69. The highest BCUT2D eigenvalue weighted by Gasteiger charge is 2.32. The van der Waals surface area contributed by atoms with E-state index < -0.39 is 5.97 Å². The van der Waals surface area contributed by atoms with Crippen molar-refractivity contribution >= 4 is 5.97 Å². The van der Waals surface area contributed by atoms with E-state index in [1.54, 1.807) is 0 Å². The zero-order valence-electron chi connectivity index (χ0n) is 19.5. The van der Waals surface area contributed by atoms with Crippen LogP contribution in [0.4, 0.5) is 0 Å². The van der Waals surface area contributed by atoms with Gasteiger partial charge in [0.15, 0.2) is 6.61 Å². The zero-order valence-corrected chi connectivity index (χ0v) is 19.5. The predicted molar refractivity (Wildman–Crippen MR) is 123 cm³/mol. The number of rotatable bonds is 8. The van der Waals surface area contributed by atoms with Gasteiger partial charge in [-0.25, -0.2) is 4.79 Å². The lowest BCUT2D eigenvalue weighted by atomic mass is 9.87. The van der Waals surface area contributed by atoms with Crippen LogP contribution in [0.5, 0.6) is 11.5 Å². The van der Waals surface area contributed by atoms with Gasteiger partial charge in [0, 0.05) is 5.56 Å². The van der Waals surface area contributed by atoms with Crippen molar-refractivity contribution in [3.05, 3.63) is 57.7 Å². The first kappa shape index (κ1) is 23.8. The minimum atomic E-state index is -0.970. The summed E-state index contributed by atoms with van der Waals surface area (Å²) in [4.78, 5) is 10.9. The average molecular weight is 413 g/mol. The number of carbonyl (C=O) groups is 1. The van der Waals surface area contributed by atoms with Crippen LogP contribution in [0.1, 0.15) is 69.2 Å². The Hall–Kier alpha value is -2.49. The zero-order chi connectivity index (χ0) is 22.5. The molecule has 0 saturated heterocycles. The number of ether oxygens (including phenoxy) is 2. The van der Waals surface area contributed by atoms with Gasteiger partial charge in [0.25, 0.3) is 0 Å². The normalized spacial score (nSPS) is 18.7. The van der Waals surface area contributed by atoms with Crippen LogP contribution in [-0.2, 0) is 11.2 Å². The Morgan fingerprint density at radius 1 is 1.17 bits per heavy atom. The van der Waals surface area contributed by atoms with Crippen LogP contribution in [0.2, 0.25) is 0 Å². The quantitative estimate of drug-likeness (QED) is 0.396. The molecular formula is C26H36O4. The topological polar surface area (TPSA) is 55.8 Å². The van der Waals surface area contributed by atoms with E-state index >= 15 is 0 Å². The Kier molecular flexibility index (Phi) is 7.94. The second-order valence-corrected chi connectivity index (χ2v) is 8.80. The molecule has 1 aromatic carbocycles. The Morgan fingerprint density at radius 3 is 2.50 bits per heavy atom. The maximum atomic E-state index is 10.9. The van der Waals surface area contributed by atoms with E-state index in [9.17, 15) is 4.79 Å². The van der Waals surface area contributed by atoms with Crippen LogP contribution in [-0.4, -0.2) is 23.3 Å². The summed E-state index contributed by atoms with van der Waals surface area (Å²) < 4.78 is 12.1. The molecule has 1 aliphatic heterocycles. The lowest BCUT2D eigenvalue weighted by Crippen LogP contribution is -2.35. The first-order valence-corrected chi connectivity index (χ1v) is 10.7. The number of carboxylic acids is 1. The third kappa shape index (κ3) is 6.01. The summed E-state index contributed by atoms with van der Waals surface area (Å²) >= 11 is 0. The second kappa shape index (κ2) is 10.0. The monoisotopic (exact) mass is 412 g/mol. The fourth-order valence-electron chi connectivity index (χ4n) is 3.81. The molecule has 0 aliphatic carbocycles. The number of aliphatic carboxylic acids is 1. The van der Waals surface area contributed by atoms with Crippen molar-refractivity contribution in [3.63, 3.8) is 0 Å². The Bertz CT molecular complexity index is 885. The fraction of sp³-hybridized carbons (Fsp3) is 0.500. The summed E-state index contributed by atoms with van der Waals surface area (Å²) in [5.74, 6) is 0.615. The summed E-state index contributed by atoms with van der Waals surface area (Å²) in [5.41, 5.74) is 6.41. The molecule has 0 amide bonds. The lowest BCUT2D eigenvalue weighted by molar-refractivity contribution is -0.139. The minimum Gasteiger partial charge on any atom is -0.483 e. The van der Waals surface area contributed by atoms with Crippen LogP contribution in [0, 0.1) is 20.8 Å². The molecule has 4 heteroatoms. The van der Waals surface area contributed by atoms with E-state index in [0.29, 0.717) is 5.75 Å². The molecule has 1 atom stereocenters. The predicted octanol–water partition coefficient (Wildman–Crippen LogP) is 6.41. The van der Waals surface area contributed by atoms with E-state index in [2.05, 4.69) is 52.0 Å². The van der Waals surface area contributed by atoms with Crippen molar-refractivity contribution in [1.82, 2.24) is 0 Å². The molecule has 30 heavy (non-hydrogen) atoms. The number of hydrogen-bond donors (Lipinski definition) is 1. The number of hydrogen-bond acceptors (Lipinski definition) is 3. The smallest absolute Gasteiger partial charge is 0.341 e. The van der Waals surface area contributed by atoms with Crippen LogP contribution in [0.25, 0.3) is 0 Å². The molecule has 0 spiro atoms. The van der Waals surface area contributed by atoms with Gasteiger partial charge in [0.1, 0.15) is 17.1 Å². The molecule has 164 valence electrons. The molecule has 0 radical (unpaired) electrons. The third-order valence-corrected chi connectivity index (χ3v) is 5.78. The van der Waals surface area contributed by atoms with Gasteiger partial charge < -0.3 is 14.6 Å². The van der Waals surface area contributed by atoms with Gasteiger partial charge in [-0.05, 0) is 96.9 Å². The molecule has 4 nitrogen and oxygen atoms in total. The molecular weight excluding hydrogens is 376 g/mol. The van der Waals surface area contributed by atoms with Crippen molar-refractivity contribution in [1.29, 1.82) is 0 Å². The molecule has 0 aromatic heterocycles. The highest BCUT2D eigenvalue weighted by atomic mass is 16.5. The number of carboxylic acid groups (broad SMARTS) is 1. The van der Waals surface area contributed by atoms with Crippen molar-refractivity contribution in [2.75, 3.05) is 6.61 Å². The largest absolute Gasteiger partial charge is 0.483 e. The van der Waals surface area contributed by atoms with E-state index in [-0.39, 0.29) is 12.2 Å². The summed E-state index contributed by atoms with van der Waals surface area (Å²) in [6.45, 7) is 14.2. The fourth-order valence-corrected chi connectivity index (χ4v) is 3.81. The van der Waals surface area contributed by atoms with Crippen molar-refractivity contribution in [3.8, 4) is 11.5 Å². The Morgan fingerprint density at radius 2 is 1.87 bits per heavy atom. The molecule has 1 heterocycles. The minimum absolute atomic E-state index is 0.333. The van der Waals surface area contributed by atoms with Gasteiger partial charge in [-0.1, -0.05) is 29.4 Å². The third-order valence-electron chi connectivity index (χ3n) is 5.78. The summed E-state index contributed by atoms with van der Waals surface area (Å²) in [6.07, 6.45) is 12.6. The molecule has 1 aliphatic rings. The Labute approximate surface area is 181 Å². The molecule has 0 saturated carbocycles. The standard InChI is InChI=1S/C26H36O4/c1-17(2)10-8-11-18(3)12-9-14-26(7)15-13-22-21(6)24(29-16-23(27)28)19(4)20(5)25(22)30-26/h9-10,12,14H,8,11,13,15-16H2,1-7H3,(H,27,28)/b14-9+,18-12+. The number of benzene rings is 1. The van der Waals surface area contributed by atoms with Crippen molar-refractivity contribution in [2.45, 2.75) is 79.8 Å². The molecule has 1 aromatic rings. The van der Waals surface area contributed by atoms with Crippen LogP contribution < -0.4 is 9.47 Å². The summed E-state index contributed by atoms with van der Waals surface area (Å²) in [7, 11) is 0. The highest BCUT2D eigenvalue weighted by Crippen LogP contribution is 2.44. The second-order valence-electron chi connectivity index (χ2n) is 8.80. The summed E-state index contributed by atoms with van der Waals surface area (Å²) in [6, 6.07) is 0. The van der Waals surface area contributed by atoms with Crippen molar-refractivity contribution in [2.24, 2.45) is 0 Å². The molecule has 0 fully saturated rings. The van der Waals surface area contributed by atoms with E-state index in [0.717, 1.165) is 53.7 Å². The van der Waals surface area contributed by atoms with Crippen LogP contribution in [0.15, 0.2) is 35.5 Å². The van der Waals surface area contributed by atoms with Gasteiger partial charge in [0.2, 0.25) is 0 Å². The van der Waals surface area contributed by atoms with Gasteiger partial charge >= 0.3 is 5.97 Å². The van der Waals surface area contributed by atoms with E-state index in [1.165, 1.54) is 11.1 Å².